The normalized spacial score (nSPS) is 24.5. The average Bonchev–Trinajstić information content (AvgIpc) is 3.05. The van der Waals surface area contributed by atoms with Crippen LogP contribution in [-0.4, -0.2) is 51.2 Å². The molecule has 170 valence electrons. The molecule has 4 atom stereocenters. The van der Waals surface area contributed by atoms with Gasteiger partial charge in [-0.05, 0) is 38.0 Å². The number of fused-ring (bicyclic) bond motifs is 2. The molecule has 4 rings (SSSR count). The number of ether oxygens (including phenoxy) is 1. The summed E-state index contributed by atoms with van der Waals surface area (Å²) in [5.41, 5.74) is 5.16. The molecule has 1 aromatic heterocycles. The van der Waals surface area contributed by atoms with Crippen molar-refractivity contribution in [2.45, 2.75) is 52.3 Å². The molecule has 3 N–H and O–H groups in total. The smallest absolute Gasteiger partial charge is 0.410 e. The number of likely N-dealkylation sites (tertiary alicyclic amines) is 1. The van der Waals surface area contributed by atoms with E-state index in [4.69, 9.17) is 10.5 Å². The number of piperidine rings is 1. The van der Waals surface area contributed by atoms with Gasteiger partial charge in [-0.1, -0.05) is 38.1 Å². The highest BCUT2D eigenvalue weighted by atomic mass is 16.6. The largest absolute Gasteiger partial charge is 0.444 e. The highest BCUT2D eigenvalue weighted by molar-refractivity contribution is 5.95. The van der Waals surface area contributed by atoms with Crippen molar-refractivity contribution in [1.82, 2.24) is 20.4 Å². The van der Waals surface area contributed by atoms with Crippen LogP contribution in [0.2, 0.25) is 0 Å². The molecule has 1 saturated heterocycles. The molecule has 1 saturated carbocycles. The third-order valence-corrected chi connectivity index (χ3v) is 6.55. The Hall–Kier alpha value is -3.23. The third-order valence-electron chi connectivity index (χ3n) is 6.55. The van der Waals surface area contributed by atoms with E-state index in [0.29, 0.717) is 11.9 Å². The molecular weight excluding hydrogens is 410 g/mol. The number of primary amides is 1. The van der Waals surface area contributed by atoms with Gasteiger partial charge in [0.2, 0.25) is 11.8 Å². The Morgan fingerprint density at radius 1 is 1.25 bits per heavy atom. The van der Waals surface area contributed by atoms with Crippen LogP contribution in [-0.2, 0) is 14.3 Å². The van der Waals surface area contributed by atoms with Crippen LogP contribution < -0.4 is 11.1 Å². The molecule has 2 fully saturated rings. The van der Waals surface area contributed by atoms with Crippen molar-refractivity contribution < 1.29 is 19.1 Å². The second-order valence-corrected chi connectivity index (χ2v) is 10.2. The zero-order chi connectivity index (χ0) is 23.4. The maximum absolute atomic E-state index is 13.5. The lowest BCUT2D eigenvalue weighted by atomic mass is 9.99. The summed E-state index contributed by atoms with van der Waals surface area (Å²) >= 11 is 0. The van der Waals surface area contributed by atoms with E-state index >= 15 is 0 Å². The number of amides is 3. The number of hydrogen-bond donors (Lipinski definition) is 2. The number of aromatic nitrogens is 2. The van der Waals surface area contributed by atoms with Gasteiger partial charge < -0.3 is 15.8 Å². The van der Waals surface area contributed by atoms with Gasteiger partial charge >= 0.3 is 6.09 Å². The Balaban J connectivity index is 1.63. The molecule has 2 aliphatic rings. The lowest BCUT2D eigenvalue weighted by molar-refractivity contribution is -0.131. The first kappa shape index (κ1) is 22.0. The van der Waals surface area contributed by atoms with E-state index in [2.05, 4.69) is 29.4 Å². The topological polar surface area (TPSA) is 128 Å². The maximum atomic E-state index is 13.5. The number of nitrogens with one attached hydrogen (secondary N) is 1. The van der Waals surface area contributed by atoms with E-state index in [-0.39, 0.29) is 22.9 Å². The minimum absolute atomic E-state index is 0.0258. The second kappa shape index (κ2) is 7.43. The molecule has 1 unspecified atom stereocenters. The van der Waals surface area contributed by atoms with Crippen LogP contribution in [0, 0.1) is 17.3 Å². The van der Waals surface area contributed by atoms with E-state index in [1.54, 1.807) is 33.0 Å². The van der Waals surface area contributed by atoms with E-state index in [0.717, 1.165) is 5.39 Å². The predicted molar refractivity (Wildman–Crippen MR) is 117 cm³/mol. The van der Waals surface area contributed by atoms with Gasteiger partial charge in [0, 0.05) is 17.3 Å². The van der Waals surface area contributed by atoms with Crippen LogP contribution in [0.5, 0.6) is 0 Å². The zero-order valence-electron chi connectivity index (χ0n) is 19.0. The molecule has 0 radical (unpaired) electrons. The van der Waals surface area contributed by atoms with E-state index in [9.17, 15) is 14.4 Å². The molecule has 1 aliphatic carbocycles. The summed E-state index contributed by atoms with van der Waals surface area (Å²) in [5.74, 6) is -1.04. The van der Waals surface area contributed by atoms with Crippen molar-refractivity contribution in [1.29, 1.82) is 0 Å². The predicted octanol–water partition coefficient (Wildman–Crippen LogP) is 2.16. The lowest BCUT2D eigenvalue weighted by Crippen LogP contribution is -2.53. The molecule has 32 heavy (non-hydrogen) atoms. The first-order chi connectivity index (χ1) is 14.9. The molecule has 9 nitrogen and oxygen atoms in total. The molecule has 3 amide bonds. The lowest BCUT2D eigenvalue weighted by Gasteiger charge is -2.32. The minimum Gasteiger partial charge on any atom is -0.444 e. The van der Waals surface area contributed by atoms with Crippen LogP contribution in [0.1, 0.15) is 46.4 Å². The van der Waals surface area contributed by atoms with Crippen LogP contribution in [0.4, 0.5) is 4.79 Å². The van der Waals surface area contributed by atoms with Crippen molar-refractivity contribution in [3.8, 4) is 0 Å². The molecule has 0 spiro atoms. The van der Waals surface area contributed by atoms with Crippen molar-refractivity contribution in [2.24, 2.45) is 23.0 Å². The zero-order valence-corrected chi connectivity index (χ0v) is 19.0. The molecule has 9 heteroatoms. The highest BCUT2D eigenvalue weighted by Crippen LogP contribution is 2.65. The van der Waals surface area contributed by atoms with Gasteiger partial charge in [0.1, 0.15) is 17.3 Å². The minimum atomic E-state index is -1.18. The van der Waals surface area contributed by atoms with Crippen LogP contribution in [0.25, 0.3) is 10.8 Å². The number of nitrogens with zero attached hydrogens (tertiary/aromatic N) is 3. The van der Waals surface area contributed by atoms with Gasteiger partial charge in [-0.25, -0.2) is 4.79 Å². The summed E-state index contributed by atoms with van der Waals surface area (Å²) in [6.45, 7) is 9.93. The summed E-state index contributed by atoms with van der Waals surface area (Å²) in [4.78, 5) is 40.1. The first-order valence-electron chi connectivity index (χ1n) is 10.7. The number of rotatable bonds is 4. The van der Waals surface area contributed by atoms with Crippen LogP contribution in [0.15, 0.2) is 30.5 Å². The monoisotopic (exact) mass is 439 g/mol. The van der Waals surface area contributed by atoms with Crippen molar-refractivity contribution >= 4 is 28.7 Å². The van der Waals surface area contributed by atoms with Gasteiger partial charge in [0.05, 0.1) is 6.20 Å². The summed E-state index contributed by atoms with van der Waals surface area (Å²) in [5, 5.41) is 12.2. The van der Waals surface area contributed by atoms with Crippen molar-refractivity contribution in [3.63, 3.8) is 0 Å². The van der Waals surface area contributed by atoms with E-state index in [1.807, 2.05) is 18.2 Å². The quantitative estimate of drug-likeness (QED) is 0.751. The Morgan fingerprint density at radius 2 is 1.94 bits per heavy atom. The molecule has 2 aromatic rings. The molecule has 1 aromatic carbocycles. The molecule has 2 heterocycles. The maximum Gasteiger partial charge on any atom is 0.410 e. The Morgan fingerprint density at radius 3 is 2.59 bits per heavy atom. The fourth-order valence-electron chi connectivity index (χ4n) is 4.86. The van der Waals surface area contributed by atoms with E-state index < -0.39 is 35.6 Å². The molecular formula is C23H29N5O4. The fraction of sp³-hybridized carbons (Fsp3) is 0.522. The van der Waals surface area contributed by atoms with Gasteiger partial charge in [0.25, 0.3) is 0 Å². The number of benzene rings is 1. The second-order valence-electron chi connectivity index (χ2n) is 10.2. The Bertz CT molecular complexity index is 1090. The Labute approximate surface area is 186 Å². The standard InChI is InChI=1S/C23H29N5O4/c1-22(2,3)32-21(31)28-11-14-15(23(14,4)5)18(28)20(30)26-17(19(24)29)16-13-9-7-6-8-12(13)10-25-27-16/h6-10,14-15,17-18H,11H2,1-5H3,(H2,24,29)(H,26,30)/t14-,15-,17?,18-/m0/s1. The number of carbonyl (C=O) groups is 3. The molecule has 1 aliphatic heterocycles. The van der Waals surface area contributed by atoms with Gasteiger partial charge in [-0.15, -0.1) is 0 Å². The van der Waals surface area contributed by atoms with Gasteiger partial charge in [-0.2, -0.15) is 10.2 Å². The summed E-state index contributed by atoms with van der Waals surface area (Å²) < 4.78 is 5.53. The van der Waals surface area contributed by atoms with Crippen LogP contribution >= 0.6 is 0 Å². The number of hydrogen-bond acceptors (Lipinski definition) is 6. The first-order valence-corrected chi connectivity index (χ1v) is 10.7. The average molecular weight is 440 g/mol. The highest BCUT2D eigenvalue weighted by Gasteiger charge is 2.69. The molecule has 0 bridgehead atoms. The van der Waals surface area contributed by atoms with E-state index in [1.165, 1.54) is 4.90 Å². The summed E-state index contributed by atoms with van der Waals surface area (Å²) in [7, 11) is 0. The number of nitrogens with two attached hydrogens (primary N) is 1. The SMILES string of the molecule is CC(C)(C)OC(=O)N1C[C@H]2[C@@H]([C@H]1C(=O)NC(C(N)=O)c1nncc3ccccc13)C2(C)C. The van der Waals surface area contributed by atoms with Gasteiger partial charge in [-0.3, -0.25) is 14.5 Å². The van der Waals surface area contributed by atoms with Crippen molar-refractivity contribution in [2.75, 3.05) is 6.54 Å². The fourth-order valence-corrected chi connectivity index (χ4v) is 4.86. The summed E-state index contributed by atoms with van der Waals surface area (Å²) in [6.07, 6.45) is 1.04. The number of carbonyl (C=O) groups excluding carboxylic acids is 3. The summed E-state index contributed by atoms with van der Waals surface area (Å²) in [6, 6.07) is 5.36. The third kappa shape index (κ3) is 3.76. The Kier molecular flexibility index (Phi) is 5.10. The van der Waals surface area contributed by atoms with Crippen LogP contribution in [0.3, 0.4) is 0 Å². The van der Waals surface area contributed by atoms with Crippen molar-refractivity contribution in [3.05, 3.63) is 36.2 Å². The van der Waals surface area contributed by atoms with Gasteiger partial charge in [0.15, 0.2) is 6.04 Å².